The van der Waals surface area contributed by atoms with Gasteiger partial charge >= 0.3 is 5.97 Å². The fourth-order valence-electron chi connectivity index (χ4n) is 0.787. The van der Waals surface area contributed by atoms with Gasteiger partial charge in [0.15, 0.2) is 0 Å². The Labute approximate surface area is 74.6 Å². The lowest BCUT2D eigenvalue weighted by Gasteiger charge is -1.97. The topological polar surface area (TPSA) is 46.5 Å². The summed E-state index contributed by atoms with van der Waals surface area (Å²) in [6.45, 7) is 0.276. The Morgan fingerprint density at radius 1 is 1.67 bits per heavy atom. The van der Waals surface area contributed by atoms with Gasteiger partial charge < -0.3 is 9.84 Å². The van der Waals surface area contributed by atoms with Crippen LogP contribution in [-0.2, 0) is 16.0 Å². The second-order valence-corrected chi connectivity index (χ2v) is 3.31. The molecule has 66 valence electrons. The maximum atomic E-state index is 10.0. The summed E-state index contributed by atoms with van der Waals surface area (Å²) in [4.78, 5) is 11.3. The van der Waals surface area contributed by atoms with Crippen molar-refractivity contribution in [1.82, 2.24) is 0 Å². The molecule has 0 amide bonds. The smallest absolute Gasteiger partial charge is 0.329 e. The number of hydrogen-bond donors (Lipinski definition) is 1. The van der Waals surface area contributed by atoms with Gasteiger partial charge in [0.25, 0.3) is 0 Å². The number of carboxylic acid groups (broad SMARTS) is 1. The number of aliphatic carboxylic acids is 1. The van der Waals surface area contributed by atoms with Gasteiger partial charge in [-0.25, -0.2) is 4.79 Å². The van der Waals surface area contributed by atoms with Crippen molar-refractivity contribution in [2.24, 2.45) is 0 Å². The van der Waals surface area contributed by atoms with Crippen molar-refractivity contribution in [1.29, 1.82) is 0 Å². The van der Waals surface area contributed by atoms with E-state index in [9.17, 15) is 4.79 Å². The molecule has 1 aromatic rings. The number of thiophene rings is 1. The molecule has 1 N–H and O–H groups in total. The van der Waals surface area contributed by atoms with Gasteiger partial charge in [0, 0.05) is 11.3 Å². The van der Waals surface area contributed by atoms with E-state index < -0.39 is 5.97 Å². The lowest BCUT2D eigenvalue weighted by molar-refractivity contribution is -0.142. The Hall–Kier alpha value is -0.870. The Morgan fingerprint density at radius 2 is 2.50 bits per heavy atom. The lowest BCUT2D eigenvalue weighted by Crippen LogP contribution is -2.08. The highest BCUT2D eigenvalue weighted by atomic mass is 32.1. The van der Waals surface area contributed by atoms with Crippen LogP contribution in [-0.4, -0.2) is 24.3 Å². The van der Waals surface area contributed by atoms with Crippen molar-refractivity contribution in [2.45, 2.75) is 6.42 Å². The maximum Gasteiger partial charge on any atom is 0.329 e. The molecule has 0 fully saturated rings. The van der Waals surface area contributed by atoms with E-state index in [1.54, 1.807) is 11.3 Å². The van der Waals surface area contributed by atoms with Crippen LogP contribution in [0.4, 0.5) is 0 Å². The normalized spacial score (nSPS) is 10.0. The van der Waals surface area contributed by atoms with Gasteiger partial charge in [0.1, 0.15) is 6.61 Å². The molecule has 0 aliphatic heterocycles. The molecular formula is C8H10O3S. The van der Waals surface area contributed by atoms with Crippen LogP contribution < -0.4 is 0 Å². The predicted octanol–water partition coefficient (Wildman–Crippen LogP) is 1.39. The first-order valence-electron chi connectivity index (χ1n) is 3.61. The quantitative estimate of drug-likeness (QED) is 0.707. The number of rotatable bonds is 5. The van der Waals surface area contributed by atoms with E-state index in [-0.39, 0.29) is 6.61 Å². The van der Waals surface area contributed by atoms with E-state index in [0.717, 1.165) is 6.42 Å². The zero-order valence-corrected chi connectivity index (χ0v) is 7.34. The number of ether oxygens (including phenoxy) is 1. The van der Waals surface area contributed by atoms with Crippen LogP contribution in [0.1, 0.15) is 4.88 Å². The van der Waals surface area contributed by atoms with Gasteiger partial charge in [-0.2, -0.15) is 0 Å². The first-order valence-corrected chi connectivity index (χ1v) is 4.49. The molecule has 0 saturated carbocycles. The first-order chi connectivity index (χ1) is 5.79. The number of carbonyl (C=O) groups is 1. The van der Waals surface area contributed by atoms with E-state index in [2.05, 4.69) is 0 Å². The molecule has 0 bridgehead atoms. The number of hydrogen-bond acceptors (Lipinski definition) is 3. The van der Waals surface area contributed by atoms with Crippen LogP contribution in [0, 0.1) is 0 Å². The van der Waals surface area contributed by atoms with Crippen molar-refractivity contribution in [3.63, 3.8) is 0 Å². The van der Waals surface area contributed by atoms with Crippen LogP contribution in [0.25, 0.3) is 0 Å². The molecule has 0 radical (unpaired) electrons. The van der Waals surface area contributed by atoms with Crippen LogP contribution in [0.3, 0.4) is 0 Å². The van der Waals surface area contributed by atoms with Gasteiger partial charge in [0.05, 0.1) is 6.61 Å². The van der Waals surface area contributed by atoms with Crippen molar-refractivity contribution >= 4 is 17.3 Å². The summed E-state index contributed by atoms with van der Waals surface area (Å²) in [5.41, 5.74) is 0. The number of carboxylic acids is 1. The zero-order valence-electron chi connectivity index (χ0n) is 6.53. The second kappa shape index (κ2) is 4.90. The molecular weight excluding hydrogens is 176 g/mol. The fraction of sp³-hybridized carbons (Fsp3) is 0.375. The Morgan fingerprint density at radius 3 is 3.08 bits per heavy atom. The van der Waals surface area contributed by atoms with Gasteiger partial charge in [-0.15, -0.1) is 11.3 Å². The highest BCUT2D eigenvalue weighted by Gasteiger charge is 1.97. The molecule has 1 rings (SSSR count). The molecule has 0 atom stereocenters. The highest BCUT2D eigenvalue weighted by molar-refractivity contribution is 7.09. The van der Waals surface area contributed by atoms with E-state index in [1.807, 2.05) is 17.5 Å². The largest absolute Gasteiger partial charge is 0.480 e. The Kier molecular flexibility index (Phi) is 3.76. The van der Waals surface area contributed by atoms with Gasteiger partial charge in [0.2, 0.25) is 0 Å². The molecule has 0 unspecified atom stereocenters. The highest BCUT2D eigenvalue weighted by Crippen LogP contribution is 2.08. The molecule has 0 spiro atoms. The summed E-state index contributed by atoms with van der Waals surface area (Å²) in [7, 11) is 0. The van der Waals surface area contributed by atoms with E-state index in [4.69, 9.17) is 9.84 Å². The molecule has 1 heterocycles. The van der Waals surface area contributed by atoms with E-state index >= 15 is 0 Å². The molecule has 0 aromatic carbocycles. The third-order valence-corrected chi connectivity index (χ3v) is 2.23. The lowest BCUT2D eigenvalue weighted by atomic mass is 10.4. The fourth-order valence-corrected chi connectivity index (χ4v) is 1.48. The molecule has 3 nitrogen and oxygen atoms in total. The summed E-state index contributed by atoms with van der Waals surface area (Å²) in [5.74, 6) is -0.916. The molecule has 4 heteroatoms. The maximum absolute atomic E-state index is 10.0. The van der Waals surface area contributed by atoms with Crippen molar-refractivity contribution in [2.75, 3.05) is 13.2 Å². The minimum atomic E-state index is -0.916. The summed E-state index contributed by atoms with van der Waals surface area (Å²) in [5, 5.41) is 10.2. The van der Waals surface area contributed by atoms with Crippen LogP contribution in [0.5, 0.6) is 0 Å². The van der Waals surface area contributed by atoms with Gasteiger partial charge in [-0.1, -0.05) is 6.07 Å². The summed E-state index contributed by atoms with van der Waals surface area (Å²) < 4.78 is 4.88. The van der Waals surface area contributed by atoms with Crippen LogP contribution >= 0.6 is 11.3 Å². The van der Waals surface area contributed by atoms with Crippen molar-refractivity contribution in [3.8, 4) is 0 Å². The SMILES string of the molecule is O=C(O)COCCc1cccs1. The molecule has 0 saturated heterocycles. The molecule has 1 aromatic heterocycles. The standard InChI is InChI=1S/C8H10O3S/c9-8(10)6-11-4-3-7-2-1-5-12-7/h1-2,5H,3-4,6H2,(H,9,10). The average Bonchev–Trinajstić information content (AvgIpc) is 2.49. The Balaban J connectivity index is 2.07. The van der Waals surface area contributed by atoms with Crippen molar-refractivity contribution in [3.05, 3.63) is 22.4 Å². The third kappa shape index (κ3) is 3.50. The molecule has 0 aliphatic carbocycles. The third-order valence-electron chi connectivity index (χ3n) is 1.30. The van der Waals surface area contributed by atoms with Gasteiger partial charge in [-0.3, -0.25) is 0 Å². The summed E-state index contributed by atoms with van der Waals surface area (Å²) in [6.07, 6.45) is 0.797. The Bertz CT molecular complexity index is 230. The second-order valence-electron chi connectivity index (χ2n) is 2.28. The molecule has 12 heavy (non-hydrogen) atoms. The van der Waals surface area contributed by atoms with Gasteiger partial charge in [-0.05, 0) is 11.4 Å². The zero-order chi connectivity index (χ0) is 8.81. The van der Waals surface area contributed by atoms with Crippen LogP contribution in [0.2, 0.25) is 0 Å². The minimum Gasteiger partial charge on any atom is -0.480 e. The van der Waals surface area contributed by atoms with Crippen molar-refractivity contribution < 1.29 is 14.6 Å². The van der Waals surface area contributed by atoms with Crippen LogP contribution in [0.15, 0.2) is 17.5 Å². The summed E-state index contributed by atoms with van der Waals surface area (Å²) in [6, 6.07) is 3.98. The van der Waals surface area contributed by atoms with E-state index in [1.165, 1.54) is 4.88 Å². The van der Waals surface area contributed by atoms with E-state index in [0.29, 0.717) is 6.61 Å². The average molecular weight is 186 g/mol. The first kappa shape index (κ1) is 9.22. The molecule has 0 aliphatic rings. The summed E-state index contributed by atoms with van der Waals surface area (Å²) >= 11 is 1.65. The predicted molar refractivity (Wildman–Crippen MR) is 46.5 cm³/mol. The monoisotopic (exact) mass is 186 g/mol. The minimum absolute atomic E-state index is 0.203.